The zero-order valence-electron chi connectivity index (χ0n) is 19.9. The zero-order valence-corrected chi connectivity index (χ0v) is 20.7. The summed E-state index contributed by atoms with van der Waals surface area (Å²) in [7, 11) is 0. The van der Waals surface area contributed by atoms with E-state index in [9.17, 15) is 19.2 Å². The smallest absolute Gasteiger partial charge is 0.273 e. The van der Waals surface area contributed by atoms with E-state index in [1.165, 1.54) is 29.2 Å². The second-order valence-electron chi connectivity index (χ2n) is 8.96. The Hall–Kier alpha value is -3.60. The van der Waals surface area contributed by atoms with Crippen LogP contribution in [0.15, 0.2) is 35.4 Å². The number of benzene rings is 1. The lowest BCUT2D eigenvalue weighted by Gasteiger charge is -2.32. The molecule has 35 heavy (non-hydrogen) atoms. The Kier molecular flexibility index (Phi) is 7.25. The van der Waals surface area contributed by atoms with Crippen LogP contribution in [0.2, 0.25) is 0 Å². The Morgan fingerprint density at radius 1 is 1.20 bits per heavy atom. The van der Waals surface area contributed by atoms with Crippen LogP contribution in [0.5, 0.6) is 0 Å². The predicted octanol–water partition coefficient (Wildman–Crippen LogP) is 2.44. The highest BCUT2D eigenvalue weighted by Crippen LogP contribution is 2.29. The van der Waals surface area contributed by atoms with Crippen LogP contribution < -0.4 is 21.1 Å². The fraction of sp³-hybridized carbons (Fsp3) is 0.417. The maximum absolute atomic E-state index is 13.0. The Bertz CT molecular complexity index is 1310. The molecule has 0 aliphatic carbocycles. The quantitative estimate of drug-likeness (QED) is 0.481. The normalized spacial score (nSPS) is 15.9. The molecule has 3 heterocycles. The van der Waals surface area contributed by atoms with E-state index in [2.05, 4.69) is 20.6 Å². The molecule has 0 saturated carbocycles. The Morgan fingerprint density at radius 2 is 1.94 bits per heavy atom. The number of anilines is 2. The third-order valence-electron chi connectivity index (χ3n) is 5.76. The largest absolute Gasteiger partial charge is 0.354 e. The number of piperidine rings is 1. The number of carbonyl (C=O) groups excluding carboxylic acids is 3. The first-order valence-electron chi connectivity index (χ1n) is 11.5. The molecular weight excluding hydrogens is 468 g/mol. The Morgan fingerprint density at radius 3 is 2.63 bits per heavy atom. The lowest BCUT2D eigenvalue weighted by Crippen LogP contribution is -2.44. The van der Waals surface area contributed by atoms with Crippen molar-refractivity contribution >= 4 is 50.1 Å². The van der Waals surface area contributed by atoms with Gasteiger partial charge in [0.1, 0.15) is 17.6 Å². The molecule has 3 aromatic rings. The SMILES string of the molecule is CC(=O)c1ccc(NC(=O)Cn2cnc3nc(N4CCC[C@@H](C(=O)NC(C)C)C4)sc3c2=O)cc1. The summed E-state index contributed by atoms with van der Waals surface area (Å²) in [6.45, 7) is 6.44. The van der Waals surface area contributed by atoms with Crippen LogP contribution in [0.3, 0.4) is 0 Å². The van der Waals surface area contributed by atoms with Gasteiger partial charge in [0.15, 0.2) is 16.6 Å². The molecule has 2 N–H and O–H groups in total. The van der Waals surface area contributed by atoms with E-state index in [0.29, 0.717) is 33.3 Å². The molecule has 1 saturated heterocycles. The Labute approximate surface area is 206 Å². The molecule has 1 aliphatic heterocycles. The maximum atomic E-state index is 13.0. The van der Waals surface area contributed by atoms with Crippen LogP contribution in [0.4, 0.5) is 10.8 Å². The first kappa shape index (κ1) is 24.5. The molecule has 1 atom stereocenters. The highest BCUT2D eigenvalue weighted by Gasteiger charge is 2.28. The molecule has 2 amide bonds. The van der Waals surface area contributed by atoms with Gasteiger partial charge in [0.25, 0.3) is 5.56 Å². The predicted molar refractivity (Wildman–Crippen MR) is 135 cm³/mol. The van der Waals surface area contributed by atoms with Crippen molar-refractivity contribution in [1.82, 2.24) is 19.9 Å². The molecule has 0 bridgehead atoms. The minimum Gasteiger partial charge on any atom is -0.354 e. The van der Waals surface area contributed by atoms with Crippen molar-refractivity contribution in [3.63, 3.8) is 0 Å². The highest BCUT2D eigenvalue weighted by atomic mass is 32.1. The van der Waals surface area contributed by atoms with Crippen LogP contribution in [0, 0.1) is 5.92 Å². The number of ketones is 1. The number of fused-ring (bicyclic) bond motifs is 1. The summed E-state index contributed by atoms with van der Waals surface area (Å²) in [6, 6.07) is 6.63. The number of carbonyl (C=O) groups is 3. The van der Waals surface area contributed by atoms with Crippen LogP contribution in [0.1, 0.15) is 44.0 Å². The number of nitrogens with one attached hydrogen (secondary N) is 2. The van der Waals surface area contributed by atoms with Crippen LogP contribution >= 0.6 is 11.3 Å². The topological polar surface area (TPSA) is 126 Å². The van der Waals surface area contributed by atoms with Gasteiger partial charge in [-0.15, -0.1) is 0 Å². The zero-order chi connectivity index (χ0) is 25.1. The molecule has 0 unspecified atom stereocenters. The number of hydrogen-bond donors (Lipinski definition) is 2. The number of nitrogens with zero attached hydrogens (tertiary/aromatic N) is 4. The van der Waals surface area contributed by atoms with Crippen molar-refractivity contribution < 1.29 is 14.4 Å². The number of thiazole rings is 1. The lowest BCUT2D eigenvalue weighted by molar-refractivity contribution is -0.125. The molecule has 11 heteroatoms. The van der Waals surface area contributed by atoms with Gasteiger partial charge in [-0.25, -0.2) is 4.98 Å². The third-order valence-corrected chi connectivity index (χ3v) is 6.85. The van der Waals surface area contributed by atoms with Crippen molar-refractivity contribution in [1.29, 1.82) is 0 Å². The van der Waals surface area contributed by atoms with Gasteiger partial charge in [-0.3, -0.25) is 23.7 Å². The van der Waals surface area contributed by atoms with Gasteiger partial charge >= 0.3 is 0 Å². The minimum atomic E-state index is -0.386. The maximum Gasteiger partial charge on any atom is 0.273 e. The van der Waals surface area contributed by atoms with Gasteiger partial charge in [0.05, 0.1) is 5.92 Å². The molecule has 1 aliphatic rings. The first-order chi connectivity index (χ1) is 16.7. The standard InChI is InChI=1S/C24H28N6O4S/c1-14(2)26-22(33)17-5-4-10-29(11-17)24-28-21-20(35-24)23(34)30(13-25-21)12-19(32)27-18-8-6-16(7-9-18)15(3)31/h6-9,13-14,17H,4-5,10-12H2,1-3H3,(H,26,33)(H,27,32)/t17-/m1/s1. The monoisotopic (exact) mass is 496 g/mol. The van der Waals surface area contributed by atoms with Crippen molar-refractivity contribution in [2.45, 2.75) is 46.2 Å². The van der Waals surface area contributed by atoms with Gasteiger partial charge < -0.3 is 15.5 Å². The number of amides is 2. The van der Waals surface area contributed by atoms with Gasteiger partial charge in [-0.05, 0) is 57.9 Å². The van der Waals surface area contributed by atoms with E-state index in [0.717, 1.165) is 19.4 Å². The van der Waals surface area contributed by atoms with Crippen molar-refractivity contribution in [2.75, 3.05) is 23.3 Å². The summed E-state index contributed by atoms with van der Waals surface area (Å²) in [6.07, 6.45) is 3.00. The molecule has 0 radical (unpaired) electrons. The van der Waals surface area contributed by atoms with E-state index in [1.807, 2.05) is 18.7 Å². The van der Waals surface area contributed by atoms with Gasteiger partial charge in [0, 0.05) is 30.4 Å². The summed E-state index contributed by atoms with van der Waals surface area (Å²) >= 11 is 1.23. The molecule has 0 spiro atoms. The van der Waals surface area contributed by atoms with Crippen LogP contribution in [0.25, 0.3) is 10.3 Å². The molecule has 184 valence electrons. The van der Waals surface area contributed by atoms with Gasteiger partial charge in [-0.2, -0.15) is 4.98 Å². The summed E-state index contributed by atoms with van der Waals surface area (Å²) in [5.41, 5.74) is 1.07. The molecule has 10 nitrogen and oxygen atoms in total. The number of aromatic nitrogens is 3. The van der Waals surface area contributed by atoms with Crippen molar-refractivity contribution in [3.05, 3.63) is 46.5 Å². The average molecular weight is 497 g/mol. The van der Waals surface area contributed by atoms with Gasteiger partial charge in [-0.1, -0.05) is 11.3 Å². The summed E-state index contributed by atoms with van der Waals surface area (Å²) in [4.78, 5) is 60.2. The Balaban J connectivity index is 1.46. The molecule has 1 fully saturated rings. The third kappa shape index (κ3) is 5.73. The molecule has 4 rings (SSSR count). The second-order valence-corrected chi connectivity index (χ2v) is 9.93. The summed E-state index contributed by atoms with van der Waals surface area (Å²) in [5, 5.41) is 6.34. The molecular formula is C24H28N6O4S. The van der Waals surface area contributed by atoms with E-state index in [1.54, 1.807) is 24.3 Å². The highest BCUT2D eigenvalue weighted by molar-refractivity contribution is 7.22. The summed E-state index contributed by atoms with van der Waals surface area (Å²) in [5.74, 6) is -0.538. The number of hydrogen-bond acceptors (Lipinski definition) is 8. The lowest BCUT2D eigenvalue weighted by atomic mass is 9.97. The minimum absolute atomic E-state index is 0.0354. The van der Waals surface area contributed by atoms with E-state index >= 15 is 0 Å². The number of Topliss-reactive ketones (excluding diaryl/α,β-unsaturated/α-hetero) is 1. The van der Waals surface area contributed by atoms with E-state index in [4.69, 9.17) is 0 Å². The average Bonchev–Trinajstić information content (AvgIpc) is 3.26. The number of rotatable bonds is 7. The van der Waals surface area contributed by atoms with Gasteiger partial charge in [0.2, 0.25) is 11.8 Å². The molecule has 2 aromatic heterocycles. The fourth-order valence-corrected chi connectivity index (χ4v) is 5.00. The van der Waals surface area contributed by atoms with E-state index in [-0.39, 0.29) is 41.7 Å². The van der Waals surface area contributed by atoms with Crippen molar-refractivity contribution in [2.24, 2.45) is 5.92 Å². The van der Waals surface area contributed by atoms with Crippen molar-refractivity contribution in [3.8, 4) is 0 Å². The fourth-order valence-electron chi connectivity index (χ4n) is 3.99. The summed E-state index contributed by atoms with van der Waals surface area (Å²) < 4.78 is 1.62. The second kappa shape index (κ2) is 10.3. The first-order valence-corrected chi connectivity index (χ1v) is 12.3. The molecule has 1 aromatic carbocycles. The van der Waals surface area contributed by atoms with E-state index < -0.39 is 0 Å². The van der Waals surface area contributed by atoms with Crippen LogP contribution in [-0.4, -0.2) is 51.3 Å². The van der Waals surface area contributed by atoms with Crippen LogP contribution in [-0.2, 0) is 16.1 Å².